The second-order valence-electron chi connectivity index (χ2n) is 3.33. The highest BCUT2D eigenvalue weighted by atomic mass is 16.5. The lowest BCUT2D eigenvalue weighted by Gasteiger charge is -2.19. The van der Waals surface area contributed by atoms with Gasteiger partial charge in [0.05, 0.1) is 25.0 Å². The van der Waals surface area contributed by atoms with E-state index >= 15 is 0 Å². The van der Waals surface area contributed by atoms with E-state index < -0.39 is 0 Å². The highest BCUT2D eigenvalue weighted by molar-refractivity contribution is 5.77. The summed E-state index contributed by atoms with van der Waals surface area (Å²) in [5, 5.41) is 16.9. The third-order valence-corrected chi connectivity index (χ3v) is 2.61. The van der Waals surface area contributed by atoms with E-state index in [4.69, 9.17) is 0 Å². The highest BCUT2D eigenvalue weighted by Crippen LogP contribution is 2.34. The molecular weight excluding hydrogens is 172 g/mol. The molecule has 3 rings (SSSR count). The zero-order valence-corrected chi connectivity index (χ0v) is 6.77. The molecule has 0 saturated carbocycles. The van der Waals surface area contributed by atoms with Crippen LogP contribution in [0.1, 0.15) is 17.3 Å². The van der Waals surface area contributed by atoms with Gasteiger partial charge in [-0.15, -0.1) is 0 Å². The lowest BCUT2D eigenvalue weighted by atomic mass is 10.1. The van der Waals surface area contributed by atoms with Crippen molar-refractivity contribution in [2.75, 3.05) is 6.54 Å². The smallest absolute Gasteiger partial charge is 0.314 e. The number of aromatic nitrogens is 2. The number of nitrogens with zero attached hydrogens (tertiary/aromatic N) is 3. The monoisotopic (exact) mass is 180 g/mol. The van der Waals surface area contributed by atoms with Gasteiger partial charge in [-0.3, -0.25) is 10.3 Å². The van der Waals surface area contributed by atoms with E-state index in [1.807, 2.05) is 0 Å². The van der Waals surface area contributed by atoms with Crippen LogP contribution in [0.5, 0.6) is 0 Å². The molecule has 13 heavy (non-hydrogen) atoms. The van der Waals surface area contributed by atoms with E-state index in [-0.39, 0.29) is 12.1 Å². The minimum Gasteiger partial charge on any atom is -0.314 e. The first kappa shape index (κ1) is 6.90. The molecule has 2 N–H and O–H groups in total. The molecule has 6 nitrogen and oxygen atoms in total. The number of aromatic amines is 1. The van der Waals surface area contributed by atoms with Crippen molar-refractivity contribution in [3.05, 3.63) is 17.5 Å². The van der Waals surface area contributed by atoms with Crippen molar-refractivity contribution in [3.63, 3.8) is 0 Å². The van der Waals surface area contributed by atoms with Gasteiger partial charge in [0.25, 0.3) is 0 Å². The zero-order chi connectivity index (χ0) is 9.00. The fraction of sp³-hybridized carbons (Fsp3) is 0.429. The van der Waals surface area contributed by atoms with Crippen LogP contribution in [0, 0.1) is 0 Å². The summed E-state index contributed by atoms with van der Waals surface area (Å²) >= 11 is 0. The van der Waals surface area contributed by atoms with E-state index in [9.17, 15) is 10.0 Å². The average molecular weight is 180 g/mol. The van der Waals surface area contributed by atoms with E-state index in [0.717, 1.165) is 16.3 Å². The minimum atomic E-state index is -0.324. The van der Waals surface area contributed by atoms with Crippen molar-refractivity contribution in [1.29, 1.82) is 0 Å². The summed E-state index contributed by atoms with van der Waals surface area (Å²) in [6, 6.07) is -0.565. The molecule has 0 spiro atoms. The van der Waals surface area contributed by atoms with Crippen LogP contribution in [0.3, 0.4) is 0 Å². The van der Waals surface area contributed by atoms with Gasteiger partial charge in [-0.25, -0.2) is 4.79 Å². The maximum atomic E-state index is 11.3. The van der Waals surface area contributed by atoms with Crippen LogP contribution in [-0.4, -0.2) is 37.9 Å². The molecule has 2 amide bonds. The summed E-state index contributed by atoms with van der Waals surface area (Å²) in [5.41, 5.74) is 1.84. The molecular formula is C7H8N4O2. The van der Waals surface area contributed by atoms with Crippen LogP contribution in [0.2, 0.25) is 0 Å². The minimum absolute atomic E-state index is 0.241. The Morgan fingerprint density at radius 1 is 1.69 bits per heavy atom. The van der Waals surface area contributed by atoms with Gasteiger partial charge in [-0.2, -0.15) is 10.2 Å². The number of H-pyrrole nitrogens is 1. The molecule has 3 heterocycles. The van der Waals surface area contributed by atoms with Gasteiger partial charge >= 0.3 is 6.03 Å². The lowest BCUT2D eigenvalue weighted by molar-refractivity contribution is -0.0586. The van der Waals surface area contributed by atoms with Crippen molar-refractivity contribution >= 4 is 6.03 Å². The normalized spacial score (nSPS) is 25.3. The van der Waals surface area contributed by atoms with Gasteiger partial charge in [-0.05, 0) is 0 Å². The van der Waals surface area contributed by atoms with Crippen LogP contribution < -0.4 is 0 Å². The van der Waals surface area contributed by atoms with Crippen molar-refractivity contribution in [1.82, 2.24) is 20.2 Å². The molecule has 2 bridgehead atoms. The maximum absolute atomic E-state index is 11.3. The van der Waals surface area contributed by atoms with Crippen LogP contribution in [0.15, 0.2) is 6.20 Å². The Kier molecular flexibility index (Phi) is 1.07. The number of carbonyl (C=O) groups is 1. The number of hydroxylamine groups is 2. The van der Waals surface area contributed by atoms with Gasteiger partial charge < -0.3 is 4.90 Å². The SMILES string of the molecule is O=C1N2Cc3[nH]ncc3C(C2)N1O. The van der Waals surface area contributed by atoms with Crippen LogP contribution in [0.4, 0.5) is 4.79 Å². The summed E-state index contributed by atoms with van der Waals surface area (Å²) in [4.78, 5) is 12.9. The lowest BCUT2D eigenvalue weighted by Crippen LogP contribution is -2.28. The molecule has 0 aliphatic carbocycles. The van der Waals surface area contributed by atoms with Crippen molar-refractivity contribution in [3.8, 4) is 0 Å². The Labute approximate surface area is 73.7 Å². The third kappa shape index (κ3) is 0.707. The van der Waals surface area contributed by atoms with Crippen LogP contribution in [-0.2, 0) is 6.54 Å². The summed E-state index contributed by atoms with van der Waals surface area (Å²) < 4.78 is 0. The quantitative estimate of drug-likeness (QED) is 0.556. The largest absolute Gasteiger partial charge is 0.344 e. The van der Waals surface area contributed by atoms with Gasteiger partial charge in [0.1, 0.15) is 6.04 Å². The molecule has 1 aromatic rings. The molecule has 1 aromatic heterocycles. The molecule has 1 saturated heterocycles. The van der Waals surface area contributed by atoms with Crippen molar-refractivity contribution in [2.45, 2.75) is 12.6 Å². The number of rotatable bonds is 0. The predicted octanol–water partition coefficient (Wildman–Crippen LogP) is 0.0912. The maximum Gasteiger partial charge on any atom is 0.344 e. The molecule has 1 unspecified atom stereocenters. The van der Waals surface area contributed by atoms with Crippen LogP contribution >= 0.6 is 0 Å². The number of hydrogen-bond acceptors (Lipinski definition) is 3. The van der Waals surface area contributed by atoms with E-state index in [1.54, 1.807) is 11.1 Å². The highest BCUT2D eigenvalue weighted by Gasteiger charge is 2.43. The summed E-state index contributed by atoms with van der Waals surface area (Å²) in [7, 11) is 0. The second-order valence-corrected chi connectivity index (χ2v) is 3.33. The fourth-order valence-corrected chi connectivity index (χ4v) is 1.93. The Hall–Kier alpha value is -1.56. The Bertz CT molecular complexity index is 370. The van der Waals surface area contributed by atoms with Gasteiger partial charge in [0, 0.05) is 5.56 Å². The molecule has 1 fully saturated rings. The van der Waals surface area contributed by atoms with Gasteiger partial charge in [0.15, 0.2) is 0 Å². The first-order chi connectivity index (χ1) is 6.27. The zero-order valence-electron chi connectivity index (χ0n) is 6.77. The third-order valence-electron chi connectivity index (χ3n) is 2.61. The molecule has 68 valence electrons. The number of nitrogens with one attached hydrogen (secondary N) is 1. The predicted molar refractivity (Wildman–Crippen MR) is 40.8 cm³/mol. The molecule has 2 aliphatic heterocycles. The topological polar surface area (TPSA) is 72.5 Å². The molecule has 0 aromatic carbocycles. The van der Waals surface area contributed by atoms with Crippen molar-refractivity contribution in [2.24, 2.45) is 0 Å². The summed E-state index contributed by atoms with van der Waals surface area (Å²) in [6.07, 6.45) is 1.67. The number of hydrogen-bond donors (Lipinski definition) is 2. The molecule has 2 aliphatic rings. The van der Waals surface area contributed by atoms with Gasteiger partial charge in [-0.1, -0.05) is 0 Å². The van der Waals surface area contributed by atoms with E-state index in [0.29, 0.717) is 13.1 Å². The average Bonchev–Trinajstić information content (AvgIpc) is 2.68. The van der Waals surface area contributed by atoms with E-state index in [2.05, 4.69) is 10.2 Å². The van der Waals surface area contributed by atoms with Crippen molar-refractivity contribution < 1.29 is 10.0 Å². The Balaban J connectivity index is 2.13. The first-order valence-electron chi connectivity index (χ1n) is 4.06. The molecule has 0 radical (unpaired) electrons. The number of fused-ring (bicyclic) bond motifs is 4. The summed E-state index contributed by atoms with van der Waals surface area (Å²) in [5.74, 6) is 0. The van der Waals surface area contributed by atoms with Crippen LogP contribution in [0.25, 0.3) is 0 Å². The second kappa shape index (κ2) is 2.02. The Morgan fingerprint density at radius 3 is 3.38 bits per heavy atom. The Morgan fingerprint density at radius 2 is 2.54 bits per heavy atom. The van der Waals surface area contributed by atoms with E-state index in [1.165, 1.54) is 0 Å². The number of amides is 2. The first-order valence-corrected chi connectivity index (χ1v) is 4.06. The fourth-order valence-electron chi connectivity index (χ4n) is 1.93. The standard InChI is InChI=1S/C7H8N4O2/c12-7-10-2-5-4(1-8-9-5)6(3-10)11(7)13/h1,6,13H,2-3H2,(H,8,9). The summed E-state index contributed by atoms with van der Waals surface area (Å²) in [6.45, 7) is 1.07. The van der Waals surface area contributed by atoms with Gasteiger partial charge in [0.2, 0.25) is 0 Å². The number of urea groups is 1. The molecule has 1 atom stereocenters. The number of carbonyl (C=O) groups excluding carboxylic acids is 1. The molecule has 6 heteroatoms.